The monoisotopic (exact) mass is 590 g/mol. The second kappa shape index (κ2) is 11.0. The number of carbonyl (C=O) groups is 1. The summed E-state index contributed by atoms with van der Waals surface area (Å²) in [6.07, 6.45) is -11.0. The summed E-state index contributed by atoms with van der Waals surface area (Å²) >= 11 is 5.88. The number of para-hydroxylation sites is 2. The normalized spacial score (nSPS) is 12.0. The predicted octanol–water partition coefficient (Wildman–Crippen LogP) is 4.63. The van der Waals surface area contributed by atoms with Gasteiger partial charge in [-0.05, 0) is 36.4 Å². The molecule has 0 N–H and O–H groups in total. The van der Waals surface area contributed by atoms with Crippen LogP contribution in [0.1, 0.15) is 22.9 Å². The Kier molecular flexibility index (Phi) is 7.91. The van der Waals surface area contributed by atoms with E-state index in [0.717, 1.165) is 27.1 Å². The molecule has 0 radical (unpaired) electrons. The number of ether oxygens (including phenoxy) is 2. The molecule has 17 heteroatoms. The second-order valence-corrected chi connectivity index (χ2v) is 8.49. The fourth-order valence-electron chi connectivity index (χ4n) is 3.59. The summed E-state index contributed by atoms with van der Waals surface area (Å²) < 4.78 is 88.7. The molecule has 0 unspecified atom stereocenters. The molecule has 4 rings (SSSR count). The lowest BCUT2D eigenvalue weighted by Crippen LogP contribution is -2.27. The largest absolute Gasteiger partial charge is 0.573 e. The third-order valence-corrected chi connectivity index (χ3v) is 5.53. The van der Waals surface area contributed by atoms with Crippen LogP contribution in [0.2, 0.25) is 5.02 Å². The fraction of sp³-hybridized carbons (Fsp3) is 0.261. The predicted molar refractivity (Wildman–Crippen MR) is 126 cm³/mol. The Hall–Kier alpha value is -4.34. The number of benzene rings is 2. The van der Waals surface area contributed by atoms with Crippen molar-refractivity contribution in [1.29, 1.82) is 0 Å². The van der Waals surface area contributed by atoms with Crippen LogP contribution in [-0.2, 0) is 17.8 Å². The van der Waals surface area contributed by atoms with E-state index in [1.54, 1.807) is 0 Å². The fourth-order valence-corrected chi connectivity index (χ4v) is 3.71. The molecule has 0 aliphatic heterocycles. The first-order chi connectivity index (χ1) is 18.8. The van der Waals surface area contributed by atoms with Gasteiger partial charge in [0.05, 0.1) is 13.5 Å². The summed E-state index contributed by atoms with van der Waals surface area (Å²) in [7, 11) is 1.00. The summed E-state index contributed by atoms with van der Waals surface area (Å²) in [5.74, 6) is -2.74. The maximum atomic E-state index is 13.1. The van der Waals surface area contributed by atoms with E-state index >= 15 is 0 Å². The Bertz CT molecular complexity index is 1580. The van der Waals surface area contributed by atoms with E-state index in [2.05, 4.69) is 24.7 Å². The number of nitrogens with zero attached hydrogens (tertiary/aromatic N) is 6. The molecule has 212 valence electrons. The van der Waals surface area contributed by atoms with Crippen LogP contribution in [0.25, 0.3) is 17.1 Å². The van der Waals surface area contributed by atoms with Crippen molar-refractivity contribution in [1.82, 2.24) is 29.1 Å². The number of alkyl halides is 6. The zero-order valence-corrected chi connectivity index (χ0v) is 21.0. The van der Waals surface area contributed by atoms with E-state index in [4.69, 9.17) is 11.6 Å². The number of aromatic nitrogens is 6. The van der Waals surface area contributed by atoms with Gasteiger partial charge in [-0.1, -0.05) is 23.7 Å². The average molecular weight is 591 g/mol. The van der Waals surface area contributed by atoms with Crippen LogP contribution >= 0.6 is 11.6 Å². The molecule has 2 aromatic carbocycles. The van der Waals surface area contributed by atoms with E-state index in [9.17, 15) is 35.9 Å². The van der Waals surface area contributed by atoms with Crippen molar-refractivity contribution in [2.75, 3.05) is 7.11 Å². The van der Waals surface area contributed by atoms with Gasteiger partial charge in [-0.25, -0.2) is 23.9 Å². The van der Waals surface area contributed by atoms with Crippen molar-refractivity contribution in [3.63, 3.8) is 0 Å². The molecule has 0 saturated carbocycles. The Morgan fingerprint density at radius 2 is 1.68 bits per heavy atom. The van der Waals surface area contributed by atoms with Crippen LogP contribution < -0.4 is 10.4 Å². The van der Waals surface area contributed by atoms with Gasteiger partial charge in [0.25, 0.3) is 0 Å². The minimum Gasteiger partial charge on any atom is -0.463 e. The first kappa shape index (κ1) is 28.7. The van der Waals surface area contributed by atoms with Crippen LogP contribution in [-0.4, -0.2) is 54.7 Å². The lowest BCUT2D eigenvalue weighted by atomic mass is 10.2. The highest BCUT2D eigenvalue weighted by Crippen LogP contribution is 2.29. The Morgan fingerprint density at radius 3 is 2.30 bits per heavy atom. The van der Waals surface area contributed by atoms with E-state index in [-0.39, 0.29) is 22.9 Å². The van der Waals surface area contributed by atoms with Gasteiger partial charge in [0, 0.05) is 17.1 Å². The van der Waals surface area contributed by atoms with Gasteiger partial charge in [-0.3, -0.25) is 4.57 Å². The van der Waals surface area contributed by atoms with Crippen molar-refractivity contribution < 1.29 is 40.6 Å². The maximum Gasteiger partial charge on any atom is 0.573 e. The van der Waals surface area contributed by atoms with Gasteiger partial charge >= 0.3 is 24.2 Å². The molecule has 0 saturated heterocycles. The van der Waals surface area contributed by atoms with E-state index in [1.807, 2.05) is 0 Å². The number of hydrogen-bond donors (Lipinski definition) is 0. The quantitative estimate of drug-likeness (QED) is 0.218. The molecule has 0 aliphatic carbocycles. The SMILES string of the molecule is COC(=O)c1nc(Cn2nc(-c3ccc(Cl)cc3)n(CCC(F)(F)F)c2=O)nn1-c1ccccc1OC(F)(F)F. The molecule has 0 aliphatic rings. The van der Waals surface area contributed by atoms with E-state index in [1.165, 1.54) is 42.5 Å². The molecular weight excluding hydrogens is 574 g/mol. The molecule has 0 atom stereocenters. The third kappa shape index (κ3) is 6.62. The molecule has 2 aromatic heterocycles. The van der Waals surface area contributed by atoms with Crippen molar-refractivity contribution >= 4 is 17.6 Å². The van der Waals surface area contributed by atoms with Crippen molar-refractivity contribution in [2.45, 2.75) is 32.0 Å². The lowest BCUT2D eigenvalue weighted by Gasteiger charge is -2.13. The summed E-state index contributed by atoms with van der Waals surface area (Å²) in [5, 5.41) is 8.50. The summed E-state index contributed by atoms with van der Waals surface area (Å²) in [4.78, 5) is 29.4. The van der Waals surface area contributed by atoms with Gasteiger partial charge in [0.2, 0.25) is 5.82 Å². The Labute approximate surface area is 225 Å². The lowest BCUT2D eigenvalue weighted by molar-refractivity contribution is -0.274. The number of methoxy groups -OCH3 is 1. The molecule has 0 bridgehead atoms. The van der Waals surface area contributed by atoms with Crippen LogP contribution in [0.4, 0.5) is 26.3 Å². The molecule has 40 heavy (non-hydrogen) atoms. The van der Waals surface area contributed by atoms with Gasteiger partial charge < -0.3 is 9.47 Å². The zero-order valence-electron chi connectivity index (χ0n) is 20.2. The van der Waals surface area contributed by atoms with Crippen molar-refractivity contribution in [2.24, 2.45) is 0 Å². The van der Waals surface area contributed by atoms with Gasteiger partial charge in [0.1, 0.15) is 12.2 Å². The van der Waals surface area contributed by atoms with Gasteiger partial charge in [-0.2, -0.15) is 13.2 Å². The highest BCUT2D eigenvalue weighted by molar-refractivity contribution is 6.30. The minimum atomic E-state index is -5.07. The summed E-state index contributed by atoms with van der Waals surface area (Å²) in [6, 6.07) is 10.6. The third-order valence-electron chi connectivity index (χ3n) is 5.27. The number of esters is 1. The smallest absolute Gasteiger partial charge is 0.463 e. The van der Waals surface area contributed by atoms with E-state index < -0.39 is 55.3 Å². The molecule has 0 spiro atoms. The number of hydrogen-bond acceptors (Lipinski definition) is 7. The zero-order chi connectivity index (χ0) is 29.2. The molecule has 4 aromatic rings. The average Bonchev–Trinajstić information content (AvgIpc) is 3.43. The summed E-state index contributed by atoms with van der Waals surface area (Å²) in [6.45, 7) is -1.31. The van der Waals surface area contributed by atoms with Crippen molar-refractivity contribution in [3.8, 4) is 22.8 Å². The molecule has 2 heterocycles. The maximum absolute atomic E-state index is 13.1. The minimum absolute atomic E-state index is 0.109. The standard InChI is InChI=1S/C23H17ClF6N6O4/c1-39-20(37)19-31-17(32-36(19)15-4-2-3-5-16(15)40-23(28,29)30)12-35-21(38)34(11-10-22(25,26)27)18(33-35)13-6-8-14(24)9-7-13/h2-9H,10-12H2,1H3. The van der Waals surface area contributed by atoms with Gasteiger partial charge in [-0.15, -0.1) is 23.4 Å². The van der Waals surface area contributed by atoms with Gasteiger partial charge in [0.15, 0.2) is 17.4 Å². The van der Waals surface area contributed by atoms with Crippen LogP contribution in [0, 0.1) is 0 Å². The van der Waals surface area contributed by atoms with Crippen LogP contribution in [0.3, 0.4) is 0 Å². The highest BCUT2D eigenvalue weighted by Gasteiger charge is 2.33. The topological polar surface area (TPSA) is 106 Å². The first-order valence-electron chi connectivity index (χ1n) is 11.2. The summed E-state index contributed by atoms with van der Waals surface area (Å²) in [5.41, 5.74) is -0.996. The molecule has 0 fully saturated rings. The molecule has 0 amide bonds. The number of halogens is 7. The number of rotatable bonds is 8. The van der Waals surface area contributed by atoms with Crippen LogP contribution in [0.5, 0.6) is 5.75 Å². The highest BCUT2D eigenvalue weighted by atomic mass is 35.5. The Morgan fingerprint density at radius 1 is 1.00 bits per heavy atom. The van der Waals surface area contributed by atoms with Crippen molar-refractivity contribution in [3.05, 3.63) is 75.7 Å². The Balaban J connectivity index is 1.78. The molecule has 10 nitrogen and oxygen atoms in total. The van der Waals surface area contributed by atoms with Crippen LogP contribution in [0.15, 0.2) is 53.3 Å². The van der Waals surface area contributed by atoms with E-state index in [0.29, 0.717) is 5.02 Å². The second-order valence-electron chi connectivity index (χ2n) is 8.06. The number of carbonyl (C=O) groups excluding carboxylic acids is 1. The first-order valence-corrected chi connectivity index (χ1v) is 11.5. The molecular formula is C23H17ClF6N6O4.